The summed E-state index contributed by atoms with van der Waals surface area (Å²) in [6.45, 7) is 10.4. The van der Waals surface area contributed by atoms with Gasteiger partial charge in [0.25, 0.3) is 0 Å². The van der Waals surface area contributed by atoms with E-state index in [9.17, 15) is 0 Å². The smallest absolute Gasteiger partial charge is 0.0710 e. The van der Waals surface area contributed by atoms with Crippen molar-refractivity contribution in [2.75, 3.05) is 33.4 Å². The van der Waals surface area contributed by atoms with Gasteiger partial charge in [0.2, 0.25) is 0 Å². The summed E-state index contributed by atoms with van der Waals surface area (Å²) in [4.78, 5) is 2.44. The Hall–Kier alpha value is -0.160. The molecule has 2 rings (SSSR count). The second-order valence-electron chi connectivity index (χ2n) is 6.41. The van der Waals surface area contributed by atoms with E-state index in [-0.39, 0.29) is 11.0 Å². The van der Waals surface area contributed by atoms with Crippen molar-refractivity contribution in [1.82, 2.24) is 4.90 Å². The summed E-state index contributed by atoms with van der Waals surface area (Å²) in [5.41, 5.74) is 6.55. The van der Waals surface area contributed by atoms with Crippen LogP contribution >= 0.6 is 0 Å². The van der Waals surface area contributed by atoms with Crippen LogP contribution in [0.25, 0.3) is 0 Å². The molecule has 106 valence electrons. The molecule has 2 aliphatic rings. The maximum atomic E-state index is 6.61. The second kappa shape index (κ2) is 5.08. The Kier molecular flexibility index (Phi) is 4.02. The van der Waals surface area contributed by atoms with Crippen molar-refractivity contribution in [2.24, 2.45) is 11.1 Å². The molecule has 1 heterocycles. The number of methoxy groups -OCH3 is 1. The predicted octanol–water partition coefficient (Wildman–Crippen LogP) is 1.24. The van der Waals surface area contributed by atoms with E-state index in [1.807, 2.05) is 0 Å². The van der Waals surface area contributed by atoms with E-state index in [2.05, 4.69) is 25.7 Å². The quantitative estimate of drug-likeness (QED) is 0.804. The van der Waals surface area contributed by atoms with Crippen molar-refractivity contribution in [1.29, 1.82) is 0 Å². The van der Waals surface area contributed by atoms with Gasteiger partial charge in [0.15, 0.2) is 0 Å². The molecule has 3 unspecified atom stereocenters. The topological polar surface area (TPSA) is 47.7 Å². The summed E-state index contributed by atoms with van der Waals surface area (Å²) in [6.07, 6.45) is 2.80. The molecular formula is C14H28N2O2. The molecule has 0 aromatic rings. The third-order valence-electron chi connectivity index (χ3n) is 5.07. The predicted molar refractivity (Wildman–Crippen MR) is 72.6 cm³/mol. The third kappa shape index (κ3) is 2.31. The normalized spacial score (nSPS) is 39.8. The first-order valence-corrected chi connectivity index (χ1v) is 7.08. The molecule has 1 saturated heterocycles. The molecule has 0 amide bonds. The van der Waals surface area contributed by atoms with Crippen LogP contribution in [0, 0.1) is 5.41 Å². The van der Waals surface area contributed by atoms with Gasteiger partial charge in [-0.1, -0.05) is 13.8 Å². The van der Waals surface area contributed by atoms with E-state index < -0.39 is 0 Å². The minimum atomic E-state index is -0.116. The van der Waals surface area contributed by atoms with Crippen LogP contribution in [-0.2, 0) is 9.47 Å². The Labute approximate surface area is 111 Å². The molecule has 18 heavy (non-hydrogen) atoms. The number of nitrogens with zero attached hydrogens (tertiary/aromatic N) is 1. The molecule has 0 spiro atoms. The fraction of sp³-hybridized carbons (Fsp3) is 1.00. The maximum absolute atomic E-state index is 6.61. The van der Waals surface area contributed by atoms with E-state index in [1.165, 1.54) is 0 Å². The van der Waals surface area contributed by atoms with Crippen molar-refractivity contribution in [3.63, 3.8) is 0 Å². The average Bonchev–Trinajstić information content (AvgIpc) is 2.76. The summed E-state index contributed by atoms with van der Waals surface area (Å²) < 4.78 is 11.2. The Morgan fingerprint density at radius 2 is 2.11 bits per heavy atom. The van der Waals surface area contributed by atoms with Gasteiger partial charge in [0, 0.05) is 44.3 Å². The number of rotatable bonds is 5. The number of hydrogen-bond donors (Lipinski definition) is 1. The summed E-state index contributed by atoms with van der Waals surface area (Å²) in [5.74, 6) is 0. The highest BCUT2D eigenvalue weighted by Crippen LogP contribution is 2.50. The Balaban J connectivity index is 1.90. The van der Waals surface area contributed by atoms with Gasteiger partial charge in [-0.15, -0.1) is 0 Å². The lowest BCUT2D eigenvalue weighted by Gasteiger charge is -2.60. The molecule has 0 radical (unpaired) electrons. The highest BCUT2D eigenvalue weighted by atomic mass is 16.5. The molecule has 4 nitrogen and oxygen atoms in total. The summed E-state index contributed by atoms with van der Waals surface area (Å²) in [7, 11) is 1.80. The molecule has 2 fully saturated rings. The van der Waals surface area contributed by atoms with Gasteiger partial charge in [-0.05, 0) is 19.8 Å². The largest absolute Gasteiger partial charge is 0.380 e. The van der Waals surface area contributed by atoms with Gasteiger partial charge in [-0.25, -0.2) is 0 Å². The van der Waals surface area contributed by atoms with Gasteiger partial charge in [-0.3, -0.25) is 4.90 Å². The van der Waals surface area contributed by atoms with Gasteiger partial charge in [-0.2, -0.15) is 0 Å². The van der Waals surface area contributed by atoms with E-state index in [1.54, 1.807) is 7.11 Å². The molecule has 1 aliphatic carbocycles. The van der Waals surface area contributed by atoms with Crippen LogP contribution < -0.4 is 5.73 Å². The zero-order valence-corrected chi connectivity index (χ0v) is 12.2. The zero-order valence-electron chi connectivity index (χ0n) is 12.2. The standard InChI is InChI=1S/C14H28N2O2/c1-5-18-12-8-14(15,13(12,2)3)10-16-7-6-11(9-16)17-4/h11-12H,5-10,15H2,1-4H3. The Morgan fingerprint density at radius 3 is 2.61 bits per heavy atom. The summed E-state index contributed by atoms with van der Waals surface area (Å²) in [5, 5.41) is 0. The van der Waals surface area contributed by atoms with Crippen molar-refractivity contribution in [3.05, 3.63) is 0 Å². The minimum Gasteiger partial charge on any atom is -0.380 e. The van der Waals surface area contributed by atoms with E-state index in [0.29, 0.717) is 12.2 Å². The van der Waals surface area contributed by atoms with Crippen LogP contribution in [0.1, 0.15) is 33.6 Å². The highest BCUT2D eigenvalue weighted by molar-refractivity contribution is 5.15. The monoisotopic (exact) mass is 256 g/mol. The number of ether oxygens (including phenoxy) is 2. The molecular weight excluding hydrogens is 228 g/mol. The Bertz CT molecular complexity index is 296. The van der Waals surface area contributed by atoms with Gasteiger partial charge >= 0.3 is 0 Å². The number of likely N-dealkylation sites (tertiary alicyclic amines) is 1. The van der Waals surface area contributed by atoms with Crippen molar-refractivity contribution in [2.45, 2.75) is 51.4 Å². The van der Waals surface area contributed by atoms with Gasteiger partial charge in [0.05, 0.1) is 12.2 Å². The van der Waals surface area contributed by atoms with Crippen LogP contribution in [0.4, 0.5) is 0 Å². The first-order valence-electron chi connectivity index (χ1n) is 7.08. The lowest BCUT2D eigenvalue weighted by molar-refractivity contribution is -0.155. The first kappa shape index (κ1) is 14.3. The molecule has 3 atom stereocenters. The molecule has 4 heteroatoms. The van der Waals surface area contributed by atoms with Crippen LogP contribution in [0.15, 0.2) is 0 Å². The van der Waals surface area contributed by atoms with E-state index in [0.717, 1.165) is 39.1 Å². The van der Waals surface area contributed by atoms with Crippen molar-refractivity contribution < 1.29 is 9.47 Å². The molecule has 0 aromatic heterocycles. The van der Waals surface area contributed by atoms with Crippen LogP contribution in [-0.4, -0.2) is 56.0 Å². The average molecular weight is 256 g/mol. The van der Waals surface area contributed by atoms with Crippen LogP contribution in [0.2, 0.25) is 0 Å². The SMILES string of the molecule is CCOC1CC(N)(CN2CCC(OC)C2)C1(C)C. The number of hydrogen-bond acceptors (Lipinski definition) is 4. The van der Waals surface area contributed by atoms with Crippen molar-refractivity contribution >= 4 is 0 Å². The third-order valence-corrected chi connectivity index (χ3v) is 5.07. The highest BCUT2D eigenvalue weighted by Gasteiger charge is 2.59. The van der Waals surface area contributed by atoms with E-state index >= 15 is 0 Å². The second-order valence-corrected chi connectivity index (χ2v) is 6.41. The Morgan fingerprint density at radius 1 is 1.39 bits per heavy atom. The fourth-order valence-electron chi connectivity index (χ4n) is 3.31. The zero-order chi connectivity index (χ0) is 13.4. The fourth-order valence-corrected chi connectivity index (χ4v) is 3.31. The van der Waals surface area contributed by atoms with E-state index in [4.69, 9.17) is 15.2 Å². The lowest BCUT2D eigenvalue weighted by Crippen LogP contribution is -2.73. The molecule has 0 bridgehead atoms. The van der Waals surface area contributed by atoms with Crippen LogP contribution in [0.3, 0.4) is 0 Å². The maximum Gasteiger partial charge on any atom is 0.0710 e. The van der Waals surface area contributed by atoms with Gasteiger partial charge in [0.1, 0.15) is 0 Å². The lowest BCUT2D eigenvalue weighted by atomic mass is 9.54. The minimum absolute atomic E-state index is 0.0637. The van der Waals surface area contributed by atoms with Crippen molar-refractivity contribution in [3.8, 4) is 0 Å². The molecule has 1 aliphatic heterocycles. The summed E-state index contributed by atoms with van der Waals surface area (Å²) >= 11 is 0. The van der Waals surface area contributed by atoms with Gasteiger partial charge < -0.3 is 15.2 Å². The summed E-state index contributed by atoms with van der Waals surface area (Å²) in [6, 6.07) is 0. The number of nitrogens with two attached hydrogens (primary N) is 1. The molecule has 1 saturated carbocycles. The van der Waals surface area contributed by atoms with Crippen LogP contribution in [0.5, 0.6) is 0 Å². The molecule has 0 aromatic carbocycles. The molecule has 2 N–H and O–H groups in total. The first-order chi connectivity index (χ1) is 8.43.